The Hall–Kier alpha value is -2.87. The fourth-order valence-corrected chi connectivity index (χ4v) is 3.89. The number of rotatable bonds is 5. The first-order valence-electron chi connectivity index (χ1n) is 8.42. The Bertz CT molecular complexity index is 919. The highest BCUT2D eigenvalue weighted by Crippen LogP contribution is 2.33. The van der Waals surface area contributed by atoms with E-state index in [1.54, 1.807) is 12.1 Å². The number of anilines is 2. The molecule has 0 saturated carbocycles. The van der Waals surface area contributed by atoms with Gasteiger partial charge in [-0.3, -0.25) is 9.59 Å². The van der Waals surface area contributed by atoms with E-state index in [1.165, 1.54) is 18.4 Å². The molecule has 3 rings (SSSR count). The van der Waals surface area contributed by atoms with Crippen molar-refractivity contribution < 1.29 is 23.9 Å². The normalized spacial score (nSPS) is 12.8. The largest absolute Gasteiger partial charge is 0.484 e. The van der Waals surface area contributed by atoms with Crippen molar-refractivity contribution in [3.63, 3.8) is 0 Å². The molecule has 2 amide bonds. The number of fused-ring (bicyclic) bond motifs is 1. The van der Waals surface area contributed by atoms with Crippen molar-refractivity contribution in [3.05, 3.63) is 39.8 Å². The molecular weight excluding hydrogens is 368 g/mol. The van der Waals surface area contributed by atoms with Gasteiger partial charge in [0.15, 0.2) is 6.61 Å². The second-order valence-corrected chi connectivity index (χ2v) is 7.41. The topological polar surface area (TPSA) is 93.7 Å². The SMILES string of the molecule is COC(=O)c1c(NC(=O)COc2ccc3c(c2)CCC(=O)N3)sc(C)c1C. The average Bonchev–Trinajstić information content (AvgIpc) is 2.92. The first kappa shape index (κ1) is 18.9. The highest BCUT2D eigenvalue weighted by Gasteiger charge is 2.22. The van der Waals surface area contributed by atoms with E-state index in [-0.39, 0.29) is 18.4 Å². The number of thiophene rings is 1. The van der Waals surface area contributed by atoms with Crippen LogP contribution in [0.15, 0.2) is 18.2 Å². The molecule has 1 aliphatic heterocycles. The molecule has 0 atom stereocenters. The van der Waals surface area contributed by atoms with E-state index in [2.05, 4.69) is 10.6 Å². The highest BCUT2D eigenvalue weighted by atomic mass is 32.1. The number of esters is 1. The van der Waals surface area contributed by atoms with Gasteiger partial charge in [0.05, 0.1) is 12.7 Å². The van der Waals surface area contributed by atoms with Gasteiger partial charge < -0.3 is 20.1 Å². The Labute approximate surface area is 160 Å². The quantitative estimate of drug-likeness (QED) is 0.768. The van der Waals surface area contributed by atoms with Crippen LogP contribution in [-0.2, 0) is 20.7 Å². The summed E-state index contributed by atoms with van der Waals surface area (Å²) in [5.41, 5.74) is 2.91. The summed E-state index contributed by atoms with van der Waals surface area (Å²) in [6.07, 6.45) is 1.07. The minimum atomic E-state index is -0.482. The molecular formula is C19H20N2O5S. The molecule has 0 unspecified atom stereocenters. The minimum Gasteiger partial charge on any atom is -0.484 e. The Balaban J connectivity index is 1.65. The number of carbonyl (C=O) groups excluding carboxylic acids is 3. The van der Waals surface area contributed by atoms with Crippen molar-refractivity contribution in [2.45, 2.75) is 26.7 Å². The van der Waals surface area contributed by atoms with E-state index in [9.17, 15) is 14.4 Å². The molecule has 0 aliphatic carbocycles. The van der Waals surface area contributed by atoms with Crippen LogP contribution in [0.25, 0.3) is 0 Å². The van der Waals surface area contributed by atoms with Crippen molar-refractivity contribution in [3.8, 4) is 5.75 Å². The number of amides is 2. The second kappa shape index (κ2) is 7.79. The summed E-state index contributed by atoms with van der Waals surface area (Å²) in [6.45, 7) is 3.50. The minimum absolute atomic E-state index is 0.00140. The van der Waals surface area contributed by atoms with Gasteiger partial charge in [0.1, 0.15) is 10.8 Å². The second-order valence-electron chi connectivity index (χ2n) is 6.18. The van der Waals surface area contributed by atoms with Crippen molar-refractivity contribution in [1.82, 2.24) is 0 Å². The van der Waals surface area contributed by atoms with Gasteiger partial charge >= 0.3 is 5.97 Å². The zero-order chi connectivity index (χ0) is 19.6. The zero-order valence-corrected chi connectivity index (χ0v) is 16.1. The lowest BCUT2D eigenvalue weighted by atomic mass is 10.0. The van der Waals surface area contributed by atoms with Crippen LogP contribution in [0.3, 0.4) is 0 Å². The summed E-state index contributed by atoms with van der Waals surface area (Å²) in [6, 6.07) is 5.29. The number of aryl methyl sites for hydroxylation is 2. The van der Waals surface area contributed by atoms with Gasteiger partial charge in [-0.25, -0.2) is 4.79 Å². The molecule has 142 valence electrons. The number of carbonyl (C=O) groups is 3. The molecule has 2 aromatic rings. The van der Waals surface area contributed by atoms with Gasteiger partial charge in [0.2, 0.25) is 5.91 Å². The number of hydrogen-bond acceptors (Lipinski definition) is 6. The number of benzene rings is 1. The van der Waals surface area contributed by atoms with Gasteiger partial charge in [-0.05, 0) is 49.6 Å². The summed E-state index contributed by atoms with van der Waals surface area (Å²) >= 11 is 1.32. The predicted molar refractivity (Wildman–Crippen MR) is 103 cm³/mol. The number of nitrogens with one attached hydrogen (secondary N) is 2. The standard InChI is InChI=1S/C19H20N2O5S/c1-10-11(2)27-18(17(10)19(24)25-3)21-16(23)9-26-13-5-6-14-12(8-13)4-7-15(22)20-14/h5-6,8H,4,7,9H2,1-3H3,(H,20,22)(H,21,23). The summed E-state index contributed by atoms with van der Waals surface area (Å²) in [7, 11) is 1.31. The molecule has 8 heteroatoms. The van der Waals surface area contributed by atoms with Crippen LogP contribution in [-0.4, -0.2) is 31.5 Å². The highest BCUT2D eigenvalue weighted by molar-refractivity contribution is 7.16. The molecule has 0 spiro atoms. The van der Waals surface area contributed by atoms with Crippen molar-refractivity contribution in [1.29, 1.82) is 0 Å². The van der Waals surface area contributed by atoms with E-state index >= 15 is 0 Å². The van der Waals surface area contributed by atoms with Crippen LogP contribution >= 0.6 is 11.3 Å². The summed E-state index contributed by atoms with van der Waals surface area (Å²) < 4.78 is 10.4. The lowest BCUT2D eigenvalue weighted by Crippen LogP contribution is -2.21. The average molecular weight is 388 g/mol. The third kappa shape index (κ3) is 4.11. The van der Waals surface area contributed by atoms with Gasteiger partial charge in [0, 0.05) is 17.0 Å². The summed E-state index contributed by atoms with van der Waals surface area (Å²) in [5.74, 6) is -0.303. The fourth-order valence-electron chi connectivity index (χ4n) is 2.82. The monoisotopic (exact) mass is 388 g/mol. The van der Waals surface area contributed by atoms with E-state index < -0.39 is 5.97 Å². The lowest BCUT2D eigenvalue weighted by molar-refractivity contribution is -0.118. The van der Waals surface area contributed by atoms with Gasteiger partial charge in [0.25, 0.3) is 5.91 Å². The van der Waals surface area contributed by atoms with E-state index in [1.807, 2.05) is 19.9 Å². The van der Waals surface area contributed by atoms with Gasteiger partial charge in [-0.1, -0.05) is 0 Å². The summed E-state index contributed by atoms with van der Waals surface area (Å²) in [4.78, 5) is 36.6. The maximum Gasteiger partial charge on any atom is 0.341 e. The van der Waals surface area contributed by atoms with Crippen molar-refractivity contribution in [2.75, 3.05) is 24.4 Å². The first-order chi connectivity index (χ1) is 12.9. The zero-order valence-electron chi connectivity index (χ0n) is 15.3. The van der Waals surface area contributed by atoms with Gasteiger partial charge in [-0.2, -0.15) is 0 Å². The maximum atomic E-state index is 12.3. The first-order valence-corrected chi connectivity index (χ1v) is 9.24. The molecule has 0 bridgehead atoms. The molecule has 7 nitrogen and oxygen atoms in total. The lowest BCUT2D eigenvalue weighted by Gasteiger charge is -2.17. The van der Waals surface area contributed by atoms with Crippen LogP contribution in [0.5, 0.6) is 5.75 Å². The molecule has 1 aliphatic rings. The third-order valence-corrected chi connectivity index (χ3v) is 5.49. The van der Waals surface area contributed by atoms with Crippen LogP contribution in [0, 0.1) is 13.8 Å². The smallest absolute Gasteiger partial charge is 0.341 e. The van der Waals surface area contributed by atoms with Crippen LogP contribution in [0.4, 0.5) is 10.7 Å². The molecule has 2 heterocycles. The summed E-state index contributed by atoms with van der Waals surface area (Å²) in [5, 5.41) is 5.98. The van der Waals surface area contributed by atoms with Crippen LogP contribution < -0.4 is 15.4 Å². The number of ether oxygens (including phenoxy) is 2. The Morgan fingerprint density at radius 1 is 1.26 bits per heavy atom. The molecule has 2 N–H and O–H groups in total. The van der Waals surface area contributed by atoms with E-state index in [0.717, 1.165) is 21.7 Å². The molecule has 0 radical (unpaired) electrons. The number of methoxy groups -OCH3 is 1. The molecule has 27 heavy (non-hydrogen) atoms. The van der Waals surface area contributed by atoms with Crippen molar-refractivity contribution in [2.24, 2.45) is 0 Å². The van der Waals surface area contributed by atoms with Crippen molar-refractivity contribution >= 4 is 39.8 Å². The maximum absolute atomic E-state index is 12.3. The fraction of sp³-hybridized carbons (Fsp3) is 0.316. The van der Waals surface area contributed by atoms with E-state index in [0.29, 0.717) is 29.2 Å². The third-order valence-electron chi connectivity index (χ3n) is 4.37. The Morgan fingerprint density at radius 3 is 2.78 bits per heavy atom. The Kier molecular flexibility index (Phi) is 5.46. The van der Waals surface area contributed by atoms with Gasteiger partial charge in [-0.15, -0.1) is 11.3 Å². The van der Waals surface area contributed by atoms with Crippen LogP contribution in [0.2, 0.25) is 0 Å². The number of hydrogen-bond donors (Lipinski definition) is 2. The molecule has 0 fully saturated rings. The Morgan fingerprint density at radius 2 is 2.04 bits per heavy atom. The van der Waals surface area contributed by atoms with Crippen LogP contribution in [0.1, 0.15) is 32.8 Å². The van der Waals surface area contributed by atoms with E-state index in [4.69, 9.17) is 9.47 Å². The predicted octanol–water partition coefficient (Wildman–Crippen LogP) is 3.05. The molecule has 1 aromatic carbocycles. The molecule has 1 aromatic heterocycles. The molecule has 0 saturated heterocycles.